The lowest BCUT2D eigenvalue weighted by atomic mass is 9.78. The van der Waals surface area contributed by atoms with Crippen LogP contribution in [-0.2, 0) is 19.1 Å². The highest BCUT2D eigenvalue weighted by atomic mass is 16.5. The fourth-order valence-electron chi connectivity index (χ4n) is 4.49. The van der Waals surface area contributed by atoms with Gasteiger partial charge in [-0.15, -0.1) is 0 Å². The quantitative estimate of drug-likeness (QED) is 0.554. The molecule has 8 nitrogen and oxygen atoms in total. The summed E-state index contributed by atoms with van der Waals surface area (Å²) in [6, 6.07) is -0.471. The Morgan fingerprint density at radius 1 is 1.19 bits per heavy atom. The Labute approximate surface area is 159 Å². The molecule has 3 aliphatic rings. The highest BCUT2D eigenvalue weighted by Crippen LogP contribution is 2.35. The zero-order valence-electron chi connectivity index (χ0n) is 16.1. The highest BCUT2D eigenvalue weighted by Gasteiger charge is 2.52. The smallest absolute Gasteiger partial charge is 0.326 e. The summed E-state index contributed by atoms with van der Waals surface area (Å²) in [7, 11) is 0. The number of rotatable bonds is 5. The van der Waals surface area contributed by atoms with E-state index in [0.29, 0.717) is 24.7 Å². The van der Waals surface area contributed by atoms with Gasteiger partial charge in [-0.3, -0.25) is 19.3 Å². The predicted molar refractivity (Wildman–Crippen MR) is 96.5 cm³/mol. The van der Waals surface area contributed by atoms with Gasteiger partial charge in [-0.1, -0.05) is 39.5 Å². The predicted octanol–water partition coefficient (Wildman–Crippen LogP) is 1.34. The third-order valence-electron chi connectivity index (χ3n) is 6.41. The van der Waals surface area contributed by atoms with Crippen LogP contribution in [0.3, 0.4) is 0 Å². The van der Waals surface area contributed by atoms with E-state index in [2.05, 4.69) is 24.5 Å². The number of carbonyl (C=O) groups excluding carboxylic acids is 4. The number of amides is 4. The Hall–Kier alpha value is -2.12. The fraction of sp³-hybridized carbons (Fsp3) is 0.789. The van der Waals surface area contributed by atoms with Crippen LogP contribution in [0.4, 0.5) is 4.79 Å². The fourth-order valence-corrected chi connectivity index (χ4v) is 4.49. The molecule has 3 atom stereocenters. The molecule has 150 valence electrons. The van der Waals surface area contributed by atoms with Crippen molar-refractivity contribution < 1.29 is 23.9 Å². The summed E-state index contributed by atoms with van der Waals surface area (Å²) in [5.41, 5.74) is -0.845. The Balaban J connectivity index is 1.45. The second-order valence-corrected chi connectivity index (χ2v) is 8.21. The lowest BCUT2D eigenvalue weighted by Crippen LogP contribution is -2.46. The van der Waals surface area contributed by atoms with Gasteiger partial charge in [0.1, 0.15) is 12.1 Å². The molecule has 0 aromatic rings. The van der Waals surface area contributed by atoms with E-state index in [-0.39, 0.29) is 17.9 Å². The van der Waals surface area contributed by atoms with Crippen LogP contribution < -0.4 is 10.6 Å². The molecular weight excluding hydrogens is 350 g/mol. The van der Waals surface area contributed by atoms with E-state index < -0.39 is 30.7 Å². The Morgan fingerprint density at radius 3 is 2.59 bits per heavy atom. The van der Waals surface area contributed by atoms with Crippen LogP contribution in [0.5, 0.6) is 0 Å². The summed E-state index contributed by atoms with van der Waals surface area (Å²) in [5, 5.41) is 5.64. The molecule has 0 aromatic carbocycles. The van der Waals surface area contributed by atoms with Gasteiger partial charge in [-0.05, 0) is 31.1 Å². The van der Waals surface area contributed by atoms with E-state index >= 15 is 0 Å². The van der Waals surface area contributed by atoms with Gasteiger partial charge in [0.25, 0.3) is 11.8 Å². The number of hydrogen-bond acceptors (Lipinski definition) is 5. The molecule has 1 spiro atoms. The first-order valence-electron chi connectivity index (χ1n) is 9.91. The molecule has 0 aromatic heterocycles. The van der Waals surface area contributed by atoms with Crippen LogP contribution in [0.15, 0.2) is 0 Å². The van der Waals surface area contributed by atoms with Gasteiger partial charge >= 0.3 is 12.0 Å². The minimum atomic E-state index is -0.845. The molecule has 1 aliphatic heterocycles. The Kier molecular flexibility index (Phi) is 5.72. The largest absolute Gasteiger partial charge is 0.454 e. The van der Waals surface area contributed by atoms with E-state index in [1.54, 1.807) is 0 Å². The molecule has 2 aliphatic carbocycles. The molecule has 1 heterocycles. The summed E-state index contributed by atoms with van der Waals surface area (Å²) in [6.45, 7) is 3.44. The van der Waals surface area contributed by atoms with Crippen molar-refractivity contribution >= 4 is 23.8 Å². The van der Waals surface area contributed by atoms with E-state index in [4.69, 9.17) is 4.74 Å². The molecule has 4 amide bonds. The summed E-state index contributed by atoms with van der Waals surface area (Å²) in [5.74, 6) is -0.537. The topological polar surface area (TPSA) is 105 Å². The lowest BCUT2D eigenvalue weighted by molar-refractivity contribution is -0.151. The van der Waals surface area contributed by atoms with Gasteiger partial charge in [0.05, 0.1) is 0 Å². The van der Waals surface area contributed by atoms with Crippen molar-refractivity contribution in [1.29, 1.82) is 0 Å². The lowest BCUT2D eigenvalue weighted by Gasteiger charge is -2.34. The van der Waals surface area contributed by atoms with E-state index in [1.807, 2.05) is 0 Å². The summed E-state index contributed by atoms with van der Waals surface area (Å²) in [6.07, 6.45) is 6.12. The number of carbonyl (C=O) groups is 4. The monoisotopic (exact) mass is 379 g/mol. The van der Waals surface area contributed by atoms with Gasteiger partial charge in [0.2, 0.25) is 0 Å². The SMILES string of the molecule is C[C@@H]1[C@H](C)CCC[C@@H]1NC(=O)COC(=O)CN1C(=O)NC2(CCCC2)C1=O. The molecule has 3 fully saturated rings. The molecule has 0 bridgehead atoms. The third-order valence-corrected chi connectivity index (χ3v) is 6.41. The zero-order valence-corrected chi connectivity index (χ0v) is 16.1. The summed E-state index contributed by atoms with van der Waals surface area (Å²) in [4.78, 5) is 49.6. The van der Waals surface area contributed by atoms with Crippen LogP contribution >= 0.6 is 0 Å². The number of nitrogens with zero attached hydrogens (tertiary/aromatic N) is 1. The minimum Gasteiger partial charge on any atom is -0.454 e. The van der Waals surface area contributed by atoms with Crippen molar-refractivity contribution in [3.8, 4) is 0 Å². The van der Waals surface area contributed by atoms with Gasteiger partial charge in [-0.2, -0.15) is 0 Å². The van der Waals surface area contributed by atoms with Crippen molar-refractivity contribution in [2.75, 3.05) is 13.2 Å². The number of nitrogens with one attached hydrogen (secondary N) is 2. The van der Waals surface area contributed by atoms with Crippen LogP contribution in [0.25, 0.3) is 0 Å². The van der Waals surface area contributed by atoms with E-state index in [9.17, 15) is 19.2 Å². The average molecular weight is 379 g/mol. The number of hydrogen-bond donors (Lipinski definition) is 2. The molecule has 0 radical (unpaired) electrons. The second kappa shape index (κ2) is 7.86. The Morgan fingerprint density at radius 2 is 1.89 bits per heavy atom. The van der Waals surface area contributed by atoms with Crippen molar-refractivity contribution in [3.05, 3.63) is 0 Å². The third kappa shape index (κ3) is 4.09. The van der Waals surface area contributed by atoms with Gasteiger partial charge in [0, 0.05) is 6.04 Å². The van der Waals surface area contributed by atoms with Crippen molar-refractivity contribution in [1.82, 2.24) is 15.5 Å². The van der Waals surface area contributed by atoms with Crippen molar-refractivity contribution in [3.63, 3.8) is 0 Å². The first kappa shape index (κ1) is 19.6. The Bertz CT molecular complexity index is 629. The molecular formula is C19H29N3O5. The van der Waals surface area contributed by atoms with Crippen molar-refractivity contribution in [2.24, 2.45) is 11.8 Å². The number of imide groups is 1. The molecule has 0 unspecified atom stereocenters. The van der Waals surface area contributed by atoms with Crippen LogP contribution in [-0.4, -0.2) is 53.4 Å². The van der Waals surface area contributed by atoms with E-state index in [1.165, 1.54) is 0 Å². The van der Waals surface area contributed by atoms with Crippen LogP contribution in [0.2, 0.25) is 0 Å². The zero-order chi connectivity index (χ0) is 19.6. The molecule has 27 heavy (non-hydrogen) atoms. The van der Waals surface area contributed by atoms with Crippen LogP contribution in [0, 0.1) is 11.8 Å². The number of ether oxygens (including phenoxy) is 1. The standard InChI is InChI=1S/C19H29N3O5/c1-12-6-5-7-14(13(12)2)20-15(23)11-27-16(24)10-22-17(25)19(21-18(22)26)8-3-4-9-19/h12-14H,3-11H2,1-2H3,(H,20,23)(H,21,26)/t12-,13-,14+/m1/s1. The molecule has 8 heteroatoms. The normalized spacial score (nSPS) is 29.7. The number of urea groups is 1. The summed E-state index contributed by atoms with van der Waals surface area (Å²) >= 11 is 0. The van der Waals surface area contributed by atoms with Gasteiger partial charge < -0.3 is 15.4 Å². The molecule has 3 rings (SSSR count). The highest BCUT2D eigenvalue weighted by molar-refractivity contribution is 6.08. The number of esters is 1. The maximum atomic E-state index is 12.5. The van der Waals surface area contributed by atoms with E-state index in [0.717, 1.165) is 37.0 Å². The first-order chi connectivity index (χ1) is 12.8. The second-order valence-electron chi connectivity index (χ2n) is 8.21. The van der Waals surface area contributed by atoms with Gasteiger partial charge in [0.15, 0.2) is 6.61 Å². The molecule has 1 saturated heterocycles. The van der Waals surface area contributed by atoms with Crippen molar-refractivity contribution in [2.45, 2.75) is 70.4 Å². The average Bonchev–Trinajstić information content (AvgIpc) is 3.18. The van der Waals surface area contributed by atoms with Crippen LogP contribution in [0.1, 0.15) is 58.8 Å². The summed E-state index contributed by atoms with van der Waals surface area (Å²) < 4.78 is 4.99. The maximum Gasteiger partial charge on any atom is 0.326 e. The first-order valence-corrected chi connectivity index (χ1v) is 9.91. The maximum absolute atomic E-state index is 12.5. The molecule has 2 saturated carbocycles. The minimum absolute atomic E-state index is 0.0908. The van der Waals surface area contributed by atoms with Gasteiger partial charge in [-0.25, -0.2) is 4.79 Å². The molecule has 2 N–H and O–H groups in total.